The van der Waals surface area contributed by atoms with Crippen molar-refractivity contribution < 1.29 is 18.3 Å². The van der Waals surface area contributed by atoms with Crippen molar-refractivity contribution in [3.05, 3.63) is 78.9 Å². The summed E-state index contributed by atoms with van der Waals surface area (Å²) >= 11 is 0. The molecule has 3 rings (SSSR count). The van der Waals surface area contributed by atoms with Crippen molar-refractivity contribution >= 4 is 9.84 Å². The number of sulfone groups is 1. The molecular formula is C18H14O4S. The Hall–Kier alpha value is -2.79. The summed E-state index contributed by atoms with van der Waals surface area (Å²) in [7, 11) is -3.76. The monoisotopic (exact) mass is 326 g/mol. The van der Waals surface area contributed by atoms with E-state index in [-0.39, 0.29) is 15.5 Å². The van der Waals surface area contributed by atoms with Gasteiger partial charge in [-0.25, -0.2) is 8.42 Å². The van der Waals surface area contributed by atoms with E-state index in [1.54, 1.807) is 24.3 Å². The van der Waals surface area contributed by atoms with Crippen LogP contribution in [0.25, 0.3) is 0 Å². The molecule has 0 amide bonds. The van der Waals surface area contributed by atoms with Gasteiger partial charge in [-0.15, -0.1) is 0 Å². The van der Waals surface area contributed by atoms with Crippen LogP contribution >= 0.6 is 0 Å². The first kappa shape index (κ1) is 15.1. The van der Waals surface area contributed by atoms with Crippen LogP contribution in [0.2, 0.25) is 0 Å². The highest BCUT2D eigenvalue weighted by molar-refractivity contribution is 7.91. The molecule has 0 fully saturated rings. The van der Waals surface area contributed by atoms with Crippen LogP contribution in [0.5, 0.6) is 17.2 Å². The van der Waals surface area contributed by atoms with Crippen LogP contribution in [0.4, 0.5) is 0 Å². The average molecular weight is 326 g/mol. The van der Waals surface area contributed by atoms with E-state index >= 15 is 0 Å². The highest BCUT2D eigenvalue weighted by Gasteiger charge is 2.20. The zero-order chi connectivity index (χ0) is 16.3. The third-order valence-corrected chi connectivity index (χ3v) is 5.08. The summed E-state index contributed by atoms with van der Waals surface area (Å²) < 4.78 is 30.7. The maximum Gasteiger partial charge on any atom is 0.210 e. The van der Waals surface area contributed by atoms with Crippen molar-refractivity contribution in [3.63, 3.8) is 0 Å². The van der Waals surface area contributed by atoms with Gasteiger partial charge < -0.3 is 9.84 Å². The van der Waals surface area contributed by atoms with Crippen LogP contribution in [0.1, 0.15) is 0 Å². The average Bonchev–Trinajstić information content (AvgIpc) is 2.56. The fraction of sp³-hybridized carbons (Fsp3) is 0. The van der Waals surface area contributed by atoms with Crippen molar-refractivity contribution in [2.75, 3.05) is 0 Å². The summed E-state index contributed by atoms with van der Waals surface area (Å²) in [6, 6.07) is 21.2. The van der Waals surface area contributed by atoms with Gasteiger partial charge in [-0.05, 0) is 48.5 Å². The maximum absolute atomic E-state index is 12.5. The normalized spacial score (nSPS) is 11.1. The molecular weight excluding hydrogens is 312 g/mol. The topological polar surface area (TPSA) is 63.6 Å². The van der Waals surface area contributed by atoms with Gasteiger partial charge in [-0.1, -0.05) is 30.3 Å². The van der Waals surface area contributed by atoms with E-state index < -0.39 is 9.84 Å². The fourth-order valence-corrected chi connectivity index (χ4v) is 3.47. The lowest BCUT2D eigenvalue weighted by atomic mass is 10.3. The van der Waals surface area contributed by atoms with E-state index in [0.29, 0.717) is 11.5 Å². The Morgan fingerprint density at radius 3 is 1.91 bits per heavy atom. The molecule has 0 saturated heterocycles. The molecule has 1 N–H and O–H groups in total. The Bertz CT molecular complexity index is 901. The van der Waals surface area contributed by atoms with E-state index in [1.165, 1.54) is 24.3 Å². The number of hydrogen-bond donors (Lipinski definition) is 1. The van der Waals surface area contributed by atoms with Gasteiger partial charge in [0.1, 0.15) is 22.1 Å². The summed E-state index contributed by atoms with van der Waals surface area (Å²) in [6.45, 7) is 0. The summed E-state index contributed by atoms with van der Waals surface area (Å²) in [6.07, 6.45) is 0. The summed E-state index contributed by atoms with van der Waals surface area (Å²) in [5.74, 6) is 0.938. The van der Waals surface area contributed by atoms with Crippen LogP contribution in [-0.2, 0) is 9.84 Å². The minimum Gasteiger partial charge on any atom is -0.507 e. The predicted molar refractivity (Wildman–Crippen MR) is 86.5 cm³/mol. The molecule has 0 spiro atoms. The SMILES string of the molecule is O=S(=O)(c1ccc(Oc2ccccc2)cc1)c1ccccc1O. The lowest BCUT2D eigenvalue weighted by Gasteiger charge is -2.08. The largest absolute Gasteiger partial charge is 0.507 e. The van der Waals surface area contributed by atoms with Crippen molar-refractivity contribution in [1.82, 2.24) is 0 Å². The molecule has 0 atom stereocenters. The van der Waals surface area contributed by atoms with Crippen LogP contribution in [0, 0.1) is 0 Å². The Balaban J connectivity index is 1.89. The van der Waals surface area contributed by atoms with Gasteiger partial charge in [0.15, 0.2) is 0 Å². The van der Waals surface area contributed by atoms with Gasteiger partial charge >= 0.3 is 0 Å². The fourth-order valence-electron chi connectivity index (χ4n) is 2.12. The number of ether oxygens (including phenoxy) is 1. The molecule has 23 heavy (non-hydrogen) atoms. The molecule has 0 aliphatic heterocycles. The van der Waals surface area contributed by atoms with Crippen LogP contribution < -0.4 is 4.74 Å². The third kappa shape index (κ3) is 3.19. The first-order valence-electron chi connectivity index (χ1n) is 6.93. The van der Waals surface area contributed by atoms with Gasteiger partial charge in [0, 0.05) is 0 Å². The van der Waals surface area contributed by atoms with Gasteiger partial charge in [0.05, 0.1) is 4.90 Å². The molecule has 0 aliphatic carbocycles. The molecule has 0 aliphatic rings. The van der Waals surface area contributed by atoms with Gasteiger partial charge in [0.25, 0.3) is 0 Å². The predicted octanol–water partition coefficient (Wildman–Crippen LogP) is 4.02. The molecule has 0 heterocycles. The summed E-state index contributed by atoms with van der Waals surface area (Å²) in [4.78, 5) is -0.0175. The molecule has 5 heteroatoms. The lowest BCUT2D eigenvalue weighted by Crippen LogP contribution is -2.02. The maximum atomic E-state index is 12.5. The van der Waals surface area contributed by atoms with Crippen LogP contribution in [0.3, 0.4) is 0 Å². The second kappa shape index (κ2) is 6.14. The first-order chi connectivity index (χ1) is 11.1. The highest BCUT2D eigenvalue weighted by Crippen LogP contribution is 2.30. The number of phenolic OH excluding ortho intramolecular Hbond substituents is 1. The number of phenols is 1. The number of rotatable bonds is 4. The molecule has 3 aromatic carbocycles. The van der Waals surface area contributed by atoms with E-state index in [4.69, 9.17) is 4.74 Å². The summed E-state index contributed by atoms with van der Waals surface area (Å²) in [5, 5.41) is 9.75. The first-order valence-corrected chi connectivity index (χ1v) is 8.42. The minimum absolute atomic E-state index is 0.0967. The molecule has 0 radical (unpaired) electrons. The smallest absolute Gasteiger partial charge is 0.210 e. The second-order valence-corrected chi connectivity index (χ2v) is 6.78. The molecule has 3 aromatic rings. The lowest BCUT2D eigenvalue weighted by molar-refractivity contribution is 0.459. The molecule has 116 valence electrons. The molecule has 0 unspecified atom stereocenters. The molecule has 4 nitrogen and oxygen atoms in total. The second-order valence-electron chi connectivity index (χ2n) is 4.86. The quantitative estimate of drug-likeness (QED) is 0.786. The standard InChI is InChI=1S/C18H14O4S/c19-17-8-4-5-9-18(17)23(20,21)16-12-10-15(11-13-16)22-14-6-2-1-3-7-14/h1-13,19H. The Morgan fingerprint density at radius 1 is 0.696 bits per heavy atom. The van der Waals surface area contributed by atoms with Gasteiger partial charge in [0.2, 0.25) is 9.84 Å². The number of hydrogen-bond acceptors (Lipinski definition) is 4. The number of aromatic hydroxyl groups is 1. The van der Waals surface area contributed by atoms with Crippen molar-refractivity contribution in [1.29, 1.82) is 0 Å². The highest BCUT2D eigenvalue weighted by atomic mass is 32.2. The third-order valence-electron chi connectivity index (χ3n) is 3.27. The number of para-hydroxylation sites is 2. The molecule has 0 bridgehead atoms. The van der Waals surface area contributed by atoms with Crippen molar-refractivity contribution in [2.45, 2.75) is 9.79 Å². The van der Waals surface area contributed by atoms with Gasteiger partial charge in [-0.3, -0.25) is 0 Å². The summed E-state index contributed by atoms with van der Waals surface area (Å²) in [5.41, 5.74) is 0. The zero-order valence-electron chi connectivity index (χ0n) is 12.1. The molecule has 0 saturated carbocycles. The minimum atomic E-state index is -3.76. The van der Waals surface area contributed by atoms with Crippen molar-refractivity contribution in [2.24, 2.45) is 0 Å². The Kier molecular flexibility index (Phi) is 4.04. The van der Waals surface area contributed by atoms with E-state index in [1.807, 2.05) is 30.3 Å². The van der Waals surface area contributed by atoms with Crippen LogP contribution in [-0.4, -0.2) is 13.5 Å². The Labute approximate surface area is 134 Å². The molecule has 0 aromatic heterocycles. The zero-order valence-corrected chi connectivity index (χ0v) is 12.9. The van der Waals surface area contributed by atoms with Crippen molar-refractivity contribution in [3.8, 4) is 17.2 Å². The van der Waals surface area contributed by atoms with E-state index in [2.05, 4.69) is 0 Å². The van der Waals surface area contributed by atoms with E-state index in [9.17, 15) is 13.5 Å². The van der Waals surface area contributed by atoms with Gasteiger partial charge in [-0.2, -0.15) is 0 Å². The van der Waals surface area contributed by atoms with E-state index in [0.717, 1.165) is 0 Å². The Morgan fingerprint density at radius 2 is 1.26 bits per heavy atom. The van der Waals surface area contributed by atoms with Crippen LogP contribution in [0.15, 0.2) is 88.7 Å². The number of benzene rings is 3.